The van der Waals surface area contributed by atoms with Gasteiger partial charge in [0.15, 0.2) is 0 Å². The van der Waals surface area contributed by atoms with Gasteiger partial charge < -0.3 is 10.6 Å². The Labute approximate surface area is 229 Å². The van der Waals surface area contributed by atoms with Crippen molar-refractivity contribution in [3.8, 4) is 0 Å². The first-order valence-electron chi connectivity index (χ1n) is 12.5. The third-order valence-corrected chi connectivity index (χ3v) is 6.67. The average molecular weight is 542 g/mol. The first-order chi connectivity index (χ1) is 18.0. The maximum absolute atomic E-state index is 10.2. The summed E-state index contributed by atoms with van der Waals surface area (Å²) >= 11 is 12.3. The van der Waals surface area contributed by atoms with Crippen molar-refractivity contribution in [3.05, 3.63) is 94.0 Å². The van der Waals surface area contributed by atoms with E-state index in [9.17, 15) is 9.59 Å². The van der Waals surface area contributed by atoms with E-state index in [0.29, 0.717) is 23.6 Å². The minimum atomic E-state index is 0.400. The van der Waals surface area contributed by atoms with E-state index in [0.717, 1.165) is 48.3 Å². The fourth-order valence-electron chi connectivity index (χ4n) is 4.18. The zero-order valence-corrected chi connectivity index (χ0v) is 22.6. The number of hydrazine groups is 1. The summed E-state index contributed by atoms with van der Waals surface area (Å²) in [7, 11) is 0. The standard InChI is InChI=1S/C21H27Cl2N3.C8H7NO2/c1-17(18-7-5-8-19(22)13-18)15-26(25-11-3-2-4-12-25)16-24-21-10-6-9-20(23)14-21;10-5-7-1-3-8(4-2-7)9-6-11/h5-10,13-14,17,24H,2-4,11-12,15-16H2,1H3;1-6H,(H,9,11). The molecule has 0 aliphatic carbocycles. The number of aldehydes is 1. The van der Waals surface area contributed by atoms with Gasteiger partial charge in [0, 0.05) is 46.6 Å². The number of rotatable bonds is 10. The maximum atomic E-state index is 10.2. The molecule has 1 aliphatic heterocycles. The van der Waals surface area contributed by atoms with Gasteiger partial charge in [0.2, 0.25) is 6.41 Å². The molecule has 6 nitrogen and oxygen atoms in total. The van der Waals surface area contributed by atoms with Crippen molar-refractivity contribution < 1.29 is 9.59 Å². The van der Waals surface area contributed by atoms with Crippen LogP contribution < -0.4 is 10.6 Å². The van der Waals surface area contributed by atoms with Crippen molar-refractivity contribution in [2.75, 3.05) is 36.9 Å². The quantitative estimate of drug-likeness (QED) is 0.215. The molecule has 37 heavy (non-hydrogen) atoms. The highest BCUT2D eigenvalue weighted by Crippen LogP contribution is 2.23. The van der Waals surface area contributed by atoms with E-state index in [-0.39, 0.29) is 0 Å². The van der Waals surface area contributed by atoms with Crippen molar-refractivity contribution in [2.45, 2.75) is 32.1 Å². The molecule has 1 unspecified atom stereocenters. The number of hydrogen-bond donors (Lipinski definition) is 2. The molecule has 0 saturated carbocycles. The molecule has 0 aromatic heterocycles. The predicted octanol–water partition coefficient (Wildman–Crippen LogP) is 6.94. The lowest BCUT2D eigenvalue weighted by atomic mass is 10.0. The minimum Gasteiger partial charge on any atom is -0.371 e. The Bertz CT molecular complexity index is 1120. The smallest absolute Gasteiger partial charge is 0.211 e. The highest BCUT2D eigenvalue weighted by atomic mass is 35.5. The van der Waals surface area contributed by atoms with Crippen LogP contribution in [0.4, 0.5) is 11.4 Å². The summed E-state index contributed by atoms with van der Waals surface area (Å²) in [4.78, 5) is 20.1. The van der Waals surface area contributed by atoms with Crippen LogP contribution in [0.25, 0.3) is 0 Å². The second-order valence-corrected chi connectivity index (χ2v) is 9.88. The Morgan fingerprint density at radius 1 is 0.892 bits per heavy atom. The van der Waals surface area contributed by atoms with Gasteiger partial charge in [0.25, 0.3) is 0 Å². The SMILES string of the molecule is CC(CN(CNc1cccc(Cl)c1)N1CCCCC1)c1cccc(Cl)c1.O=CNc1ccc(C=O)cc1. The van der Waals surface area contributed by atoms with Gasteiger partial charge in [-0.3, -0.25) is 9.59 Å². The van der Waals surface area contributed by atoms with Crippen LogP contribution in [0.2, 0.25) is 10.0 Å². The lowest BCUT2D eigenvalue weighted by Crippen LogP contribution is -2.49. The number of amides is 1. The first-order valence-corrected chi connectivity index (χ1v) is 13.2. The molecule has 3 aromatic rings. The predicted molar refractivity (Wildman–Crippen MR) is 153 cm³/mol. The molecular formula is C29H34Cl2N4O2. The van der Waals surface area contributed by atoms with Crippen molar-refractivity contribution in [1.29, 1.82) is 0 Å². The summed E-state index contributed by atoms with van der Waals surface area (Å²) in [6, 6.07) is 22.7. The van der Waals surface area contributed by atoms with Crippen LogP contribution in [0.3, 0.4) is 0 Å². The van der Waals surface area contributed by atoms with Gasteiger partial charge >= 0.3 is 0 Å². The van der Waals surface area contributed by atoms with Crippen LogP contribution in [0.5, 0.6) is 0 Å². The third kappa shape index (κ3) is 9.82. The molecule has 1 atom stereocenters. The number of carbonyl (C=O) groups is 2. The molecule has 1 fully saturated rings. The van der Waals surface area contributed by atoms with E-state index in [1.54, 1.807) is 24.3 Å². The molecule has 0 bridgehead atoms. The summed E-state index contributed by atoms with van der Waals surface area (Å²) in [6.07, 6.45) is 5.20. The number of nitrogens with one attached hydrogen (secondary N) is 2. The monoisotopic (exact) mass is 540 g/mol. The van der Waals surface area contributed by atoms with Crippen LogP contribution in [0.1, 0.15) is 48.0 Å². The number of halogens is 2. The lowest BCUT2D eigenvalue weighted by Gasteiger charge is -2.39. The molecule has 4 rings (SSSR count). The van der Waals surface area contributed by atoms with Crippen molar-refractivity contribution in [3.63, 3.8) is 0 Å². The van der Waals surface area contributed by atoms with Gasteiger partial charge in [-0.15, -0.1) is 0 Å². The van der Waals surface area contributed by atoms with Gasteiger partial charge in [0.05, 0.1) is 6.67 Å². The van der Waals surface area contributed by atoms with Gasteiger partial charge in [-0.2, -0.15) is 0 Å². The second-order valence-electron chi connectivity index (χ2n) is 9.01. The lowest BCUT2D eigenvalue weighted by molar-refractivity contribution is -0.105. The van der Waals surface area contributed by atoms with E-state index in [1.807, 2.05) is 30.3 Å². The summed E-state index contributed by atoms with van der Waals surface area (Å²) in [5.41, 5.74) is 3.62. The summed E-state index contributed by atoms with van der Waals surface area (Å²) in [5, 5.41) is 12.5. The van der Waals surface area contributed by atoms with Gasteiger partial charge in [-0.1, -0.05) is 54.7 Å². The van der Waals surface area contributed by atoms with Gasteiger partial charge in [-0.05, 0) is 78.9 Å². The Hall–Kier alpha value is -2.90. The third-order valence-electron chi connectivity index (χ3n) is 6.20. The highest BCUT2D eigenvalue weighted by Gasteiger charge is 2.21. The van der Waals surface area contributed by atoms with Crippen LogP contribution >= 0.6 is 23.2 Å². The Balaban J connectivity index is 0.000000289. The van der Waals surface area contributed by atoms with E-state index >= 15 is 0 Å². The molecule has 0 radical (unpaired) electrons. The average Bonchev–Trinajstić information content (AvgIpc) is 2.92. The van der Waals surface area contributed by atoms with E-state index < -0.39 is 0 Å². The van der Waals surface area contributed by atoms with E-state index in [4.69, 9.17) is 23.2 Å². The molecule has 8 heteroatoms. The van der Waals surface area contributed by atoms with E-state index in [1.165, 1.54) is 24.8 Å². The Morgan fingerprint density at radius 2 is 1.57 bits per heavy atom. The van der Waals surface area contributed by atoms with Gasteiger partial charge in [0.1, 0.15) is 6.29 Å². The second kappa shape index (κ2) is 15.4. The normalized spacial score (nSPS) is 14.3. The molecule has 3 aromatic carbocycles. The Morgan fingerprint density at radius 3 is 2.19 bits per heavy atom. The highest BCUT2D eigenvalue weighted by molar-refractivity contribution is 6.31. The summed E-state index contributed by atoms with van der Waals surface area (Å²) < 4.78 is 0. The number of anilines is 2. The van der Waals surface area contributed by atoms with Crippen molar-refractivity contribution >= 4 is 47.3 Å². The zero-order valence-electron chi connectivity index (χ0n) is 21.1. The molecular weight excluding hydrogens is 507 g/mol. The molecule has 196 valence electrons. The summed E-state index contributed by atoms with van der Waals surface area (Å²) in [6.45, 7) is 6.24. The van der Waals surface area contributed by atoms with Crippen molar-refractivity contribution in [1.82, 2.24) is 10.0 Å². The number of benzene rings is 3. The van der Waals surface area contributed by atoms with Gasteiger partial charge in [-0.25, -0.2) is 10.0 Å². The molecule has 1 heterocycles. The fraction of sp³-hybridized carbons (Fsp3) is 0.310. The molecule has 0 spiro atoms. The molecule has 1 aliphatic rings. The zero-order chi connectivity index (χ0) is 26.5. The molecule has 1 amide bonds. The fourth-order valence-corrected chi connectivity index (χ4v) is 4.57. The number of hydrogen-bond acceptors (Lipinski definition) is 5. The largest absolute Gasteiger partial charge is 0.371 e. The van der Waals surface area contributed by atoms with Crippen molar-refractivity contribution in [2.24, 2.45) is 0 Å². The van der Waals surface area contributed by atoms with E-state index in [2.05, 4.69) is 45.8 Å². The minimum absolute atomic E-state index is 0.400. The molecule has 1 saturated heterocycles. The van der Waals surface area contributed by atoms with Crippen LogP contribution in [0, 0.1) is 0 Å². The van der Waals surface area contributed by atoms with Crippen LogP contribution in [0.15, 0.2) is 72.8 Å². The van der Waals surface area contributed by atoms with Crippen LogP contribution in [-0.2, 0) is 4.79 Å². The number of carbonyl (C=O) groups excluding carboxylic acids is 2. The Kier molecular flexibility index (Phi) is 11.9. The maximum Gasteiger partial charge on any atom is 0.211 e. The van der Waals surface area contributed by atoms with Crippen LogP contribution in [-0.4, -0.2) is 49.0 Å². The number of piperidine rings is 1. The first kappa shape index (κ1) is 28.7. The number of nitrogens with zero attached hydrogens (tertiary/aromatic N) is 2. The topological polar surface area (TPSA) is 64.7 Å². The molecule has 2 N–H and O–H groups in total. The summed E-state index contributed by atoms with van der Waals surface area (Å²) in [5.74, 6) is 0.400.